The summed E-state index contributed by atoms with van der Waals surface area (Å²) in [6.07, 6.45) is 0. The van der Waals surface area contributed by atoms with E-state index in [4.69, 9.17) is 21.1 Å². The number of aryl methyl sites for hydroxylation is 2. The van der Waals surface area contributed by atoms with Crippen LogP contribution in [0.25, 0.3) is 5.69 Å². The van der Waals surface area contributed by atoms with E-state index in [9.17, 15) is 0 Å². The Labute approximate surface area is 154 Å². The minimum absolute atomic E-state index is 0.205. The maximum absolute atomic E-state index is 6.24. The fourth-order valence-corrected chi connectivity index (χ4v) is 3.65. The Kier molecular flexibility index (Phi) is 4.27. The molecule has 1 aliphatic rings. The Morgan fingerprint density at radius 3 is 2.88 bits per heavy atom. The second kappa shape index (κ2) is 6.57. The van der Waals surface area contributed by atoms with E-state index in [0.29, 0.717) is 22.3 Å². The highest BCUT2D eigenvalue weighted by Gasteiger charge is 2.19. The Bertz CT molecular complexity index is 944. The van der Waals surface area contributed by atoms with Crippen molar-refractivity contribution in [2.24, 2.45) is 0 Å². The van der Waals surface area contributed by atoms with Gasteiger partial charge >= 0.3 is 0 Å². The summed E-state index contributed by atoms with van der Waals surface area (Å²) in [4.78, 5) is 0. The number of benzene rings is 2. The minimum atomic E-state index is 0.205. The molecule has 0 radical (unpaired) electrons. The molecule has 2 aromatic carbocycles. The maximum atomic E-state index is 6.24. The maximum Gasteiger partial charge on any atom is 0.231 e. The molecule has 4 rings (SSSR count). The summed E-state index contributed by atoms with van der Waals surface area (Å²) in [5, 5.41) is 13.3. The third-order valence-corrected chi connectivity index (χ3v) is 5.30. The standard InChI is InChI=1S/C17H15ClN4O2S/c1-10-3-4-13(5-11(10)2)22-17(19-20-21-22)25-8-12-6-14(18)16-15(7-12)23-9-24-16/h3-7H,8-9H2,1-2H3. The summed E-state index contributed by atoms with van der Waals surface area (Å²) in [5.74, 6) is 1.95. The summed E-state index contributed by atoms with van der Waals surface area (Å²) in [5.41, 5.74) is 4.40. The van der Waals surface area contributed by atoms with Gasteiger partial charge in [0, 0.05) is 5.75 Å². The van der Waals surface area contributed by atoms with Gasteiger partial charge in [-0.3, -0.25) is 0 Å². The number of halogens is 1. The lowest BCUT2D eigenvalue weighted by atomic mass is 10.1. The van der Waals surface area contributed by atoms with Gasteiger partial charge in [-0.25, -0.2) is 0 Å². The molecule has 0 saturated carbocycles. The smallest absolute Gasteiger partial charge is 0.231 e. The van der Waals surface area contributed by atoms with E-state index in [1.165, 1.54) is 22.9 Å². The number of nitrogens with zero attached hydrogens (tertiary/aromatic N) is 4. The summed E-state index contributed by atoms with van der Waals surface area (Å²) in [6, 6.07) is 9.98. The molecule has 2 heterocycles. The topological polar surface area (TPSA) is 62.1 Å². The largest absolute Gasteiger partial charge is 0.454 e. The van der Waals surface area contributed by atoms with Crippen molar-refractivity contribution in [1.29, 1.82) is 0 Å². The Hall–Kier alpha value is -2.25. The van der Waals surface area contributed by atoms with Crippen molar-refractivity contribution in [3.05, 3.63) is 52.0 Å². The lowest BCUT2D eigenvalue weighted by molar-refractivity contribution is 0.174. The van der Waals surface area contributed by atoms with Crippen LogP contribution in [0.15, 0.2) is 35.5 Å². The van der Waals surface area contributed by atoms with Crippen LogP contribution in [0.4, 0.5) is 0 Å². The van der Waals surface area contributed by atoms with Crippen LogP contribution in [-0.4, -0.2) is 27.0 Å². The highest BCUT2D eigenvalue weighted by atomic mass is 35.5. The molecule has 0 bridgehead atoms. The first-order valence-corrected chi connectivity index (χ1v) is 9.05. The predicted octanol–water partition coefficient (Wildman–Crippen LogP) is 3.95. The number of hydrogen-bond donors (Lipinski definition) is 0. The number of fused-ring (bicyclic) bond motifs is 1. The van der Waals surface area contributed by atoms with Crippen molar-refractivity contribution < 1.29 is 9.47 Å². The van der Waals surface area contributed by atoms with E-state index in [2.05, 4.69) is 41.5 Å². The van der Waals surface area contributed by atoms with Gasteiger partial charge in [-0.15, -0.1) is 5.10 Å². The van der Waals surface area contributed by atoms with Gasteiger partial charge in [-0.05, 0) is 65.2 Å². The lowest BCUT2D eigenvalue weighted by Crippen LogP contribution is -2.00. The molecule has 0 amide bonds. The second-order valence-electron chi connectivity index (χ2n) is 5.74. The third-order valence-electron chi connectivity index (χ3n) is 4.03. The van der Waals surface area contributed by atoms with Gasteiger partial charge in [0.05, 0.1) is 10.7 Å². The van der Waals surface area contributed by atoms with Gasteiger partial charge in [-0.1, -0.05) is 29.4 Å². The van der Waals surface area contributed by atoms with Crippen molar-refractivity contribution in [2.75, 3.05) is 6.79 Å². The Balaban J connectivity index is 1.56. The number of hydrogen-bond acceptors (Lipinski definition) is 6. The van der Waals surface area contributed by atoms with Gasteiger partial charge < -0.3 is 9.47 Å². The summed E-state index contributed by atoms with van der Waals surface area (Å²) in [7, 11) is 0. The van der Waals surface area contributed by atoms with E-state index >= 15 is 0 Å². The monoisotopic (exact) mass is 374 g/mol. The van der Waals surface area contributed by atoms with E-state index in [-0.39, 0.29) is 6.79 Å². The highest BCUT2D eigenvalue weighted by molar-refractivity contribution is 7.98. The van der Waals surface area contributed by atoms with Crippen LogP contribution in [0.2, 0.25) is 5.02 Å². The number of rotatable bonds is 4. The van der Waals surface area contributed by atoms with E-state index in [0.717, 1.165) is 16.4 Å². The zero-order valence-corrected chi connectivity index (χ0v) is 15.3. The van der Waals surface area contributed by atoms with Crippen molar-refractivity contribution in [3.8, 4) is 17.2 Å². The van der Waals surface area contributed by atoms with Gasteiger partial charge in [-0.2, -0.15) is 4.68 Å². The molecular formula is C17H15ClN4O2S. The molecule has 0 N–H and O–H groups in total. The lowest BCUT2D eigenvalue weighted by Gasteiger charge is -2.08. The van der Waals surface area contributed by atoms with Crippen LogP contribution in [-0.2, 0) is 5.75 Å². The molecule has 6 nitrogen and oxygen atoms in total. The van der Waals surface area contributed by atoms with Gasteiger partial charge in [0.25, 0.3) is 0 Å². The van der Waals surface area contributed by atoms with Crippen molar-refractivity contribution in [3.63, 3.8) is 0 Å². The molecule has 0 atom stereocenters. The first kappa shape index (κ1) is 16.2. The fraction of sp³-hybridized carbons (Fsp3) is 0.235. The molecule has 3 aromatic rings. The second-order valence-corrected chi connectivity index (χ2v) is 7.09. The summed E-state index contributed by atoms with van der Waals surface area (Å²) >= 11 is 7.77. The molecule has 1 aliphatic heterocycles. The van der Waals surface area contributed by atoms with Gasteiger partial charge in [0.2, 0.25) is 11.9 Å². The molecule has 8 heteroatoms. The van der Waals surface area contributed by atoms with Gasteiger partial charge in [0.1, 0.15) is 0 Å². The molecule has 0 unspecified atom stereocenters. The molecule has 1 aromatic heterocycles. The molecular weight excluding hydrogens is 360 g/mol. The first-order valence-electron chi connectivity index (χ1n) is 7.68. The molecule has 0 aliphatic carbocycles. The van der Waals surface area contributed by atoms with Gasteiger partial charge in [0.15, 0.2) is 11.5 Å². The average Bonchev–Trinajstić information content (AvgIpc) is 3.24. The van der Waals surface area contributed by atoms with Crippen LogP contribution in [0.5, 0.6) is 11.5 Å². The zero-order valence-electron chi connectivity index (χ0n) is 13.7. The number of aromatic nitrogens is 4. The van der Waals surface area contributed by atoms with Crippen LogP contribution in [0.3, 0.4) is 0 Å². The molecule has 128 valence electrons. The quantitative estimate of drug-likeness (QED) is 0.644. The van der Waals surface area contributed by atoms with Crippen LogP contribution in [0, 0.1) is 13.8 Å². The fourth-order valence-electron chi connectivity index (χ4n) is 2.54. The Morgan fingerprint density at radius 1 is 1.16 bits per heavy atom. The number of ether oxygens (including phenoxy) is 2. The van der Waals surface area contributed by atoms with Crippen molar-refractivity contribution in [2.45, 2.75) is 24.8 Å². The minimum Gasteiger partial charge on any atom is -0.454 e. The van der Waals surface area contributed by atoms with E-state index < -0.39 is 0 Å². The Morgan fingerprint density at radius 2 is 2.04 bits per heavy atom. The molecule has 25 heavy (non-hydrogen) atoms. The van der Waals surface area contributed by atoms with Crippen molar-refractivity contribution in [1.82, 2.24) is 20.2 Å². The van der Waals surface area contributed by atoms with Crippen LogP contribution < -0.4 is 9.47 Å². The number of tetrazole rings is 1. The predicted molar refractivity (Wildman–Crippen MR) is 95.8 cm³/mol. The first-order chi connectivity index (χ1) is 12.1. The van der Waals surface area contributed by atoms with Crippen molar-refractivity contribution >= 4 is 23.4 Å². The van der Waals surface area contributed by atoms with Crippen LogP contribution >= 0.6 is 23.4 Å². The summed E-state index contributed by atoms with van der Waals surface area (Å²) in [6.45, 7) is 4.36. The highest BCUT2D eigenvalue weighted by Crippen LogP contribution is 2.40. The molecule has 0 spiro atoms. The molecule has 0 saturated heterocycles. The normalized spacial score (nSPS) is 12.6. The van der Waals surface area contributed by atoms with E-state index in [1.807, 2.05) is 18.2 Å². The molecule has 0 fully saturated rings. The zero-order chi connectivity index (χ0) is 17.4. The third kappa shape index (κ3) is 3.17. The van der Waals surface area contributed by atoms with Crippen LogP contribution in [0.1, 0.15) is 16.7 Å². The SMILES string of the molecule is Cc1ccc(-n2nnnc2SCc2cc(Cl)c3c(c2)OCO3)cc1C. The summed E-state index contributed by atoms with van der Waals surface area (Å²) < 4.78 is 12.5. The average molecular weight is 375 g/mol. The number of thioether (sulfide) groups is 1. The van der Waals surface area contributed by atoms with E-state index in [1.54, 1.807) is 4.68 Å².